The summed E-state index contributed by atoms with van der Waals surface area (Å²) < 4.78 is 0. The van der Waals surface area contributed by atoms with E-state index in [1.165, 1.54) is 4.90 Å². The van der Waals surface area contributed by atoms with Crippen LogP contribution in [0.25, 0.3) is 0 Å². The van der Waals surface area contributed by atoms with Gasteiger partial charge in [0.2, 0.25) is 11.8 Å². The van der Waals surface area contributed by atoms with E-state index in [-0.39, 0.29) is 23.7 Å². The first-order valence-corrected chi connectivity index (χ1v) is 9.48. The van der Waals surface area contributed by atoms with Crippen LogP contribution in [0.5, 0.6) is 0 Å². The molecule has 3 atom stereocenters. The average molecular weight is 389 g/mol. The van der Waals surface area contributed by atoms with E-state index >= 15 is 0 Å². The van der Waals surface area contributed by atoms with Gasteiger partial charge in [0.15, 0.2) is 0 Å². The van der Waals surface area contributed by atoms with Crippen molar-refractivity contribution in [2.75, 3.05) is 4.90 Å². The van der Waals surface area contributed by atoms with Gasteiger partial charge in [0.05, 0.1) is 17.5 Å². The quantitative estimate of drug-likeness (QED) is 0.559. The van der Waals surface area contributed by atoms with Gasteiger partial charge in [-0.25, -0.2) is 4.98 Å². The molecule has 0 radical (unpaired) electrons. The molecule has 4 rings (SSSR count). The van der Waals surface area contributed by atoms with E-state index in [0.717, 1.165) is 23.1 Å². The first kappa shape index (κ1) is 17.5. The van der Waals surface area contributed by atoms with Crippen LogP contribution in [0, 0.1) is 18.8 Å². The molecule has 26 heavy (non-hydrogen) atoms. The van der Waals surface area contributed by atoms with Crippen molar-refractivity contribution in [2.24, 2.45) is 11.8 Å². The third-order valence-electron chi connectivity index (χ3n) is 5.64. The lowest BCUT2D eigenvalue weighted by atomic mass is 9.68. The monoisotopic (exact) mass is 388 g/mol. The van der Waals surface area contributed by atoms with Crippen LogP contribution in [0.2, 0.25) is 10.3 Å². The molecule has 1 aliphatic heterocycles. The van der Waals surface area contributed by atoms with Crippen LogP contribution >= 0.6 is 23.2 Å². The van der Waals surface area contributed by atoms with Gasteiger partial charge >= 0.3 is 0 Å². The van der Waals surface area contributed by atoms with Gasteiger partial charge in [0.1, 0.15) is 10.3 Å². The molecule has 4 nitrogen and oxygen atoms in total. The van der Waals surface area contributed by atoms with E-state index in [2.05, 4.69) is 4.98 Å². The Morgan fingerprint density at radius 3 is 2.46 bits per heavy atom. The predicted molar refractivity (Wildman–Crippen MR) is 102 cm³/mol. The molecule has 0 bridgehead atoms. The molecule has 1 fully saturated rings. The number of rotatable bonds is 2. The number of nitrogens with zero attached hydrogens (tertiary/aromatic N) is 2. The molecular formula is C20H18Cl2N2O2. The second-order valence-corrected chi connectivity index (χ2v) is 7.63. The number of fused-ring (bicyclic) bond motifs is 2. The third-order valence-corrected chi connectivity index (χ3v) is 6.32. The van der Waals surface area contributed by atoms with Gasteiger partial charge in [0, 0.05) is 0 Å². The summed E-state index contributed by atoms with van der Waals surface area (Å²) in [7, 11) is 0. The molecule has 1 saturated heterocycles. The Balaban J connectivity index is 1.86. The number of pyridine rings is 1. The highest BCUT2D eigenvalue weighted by atomic mass is 35.5. The van der Waals surface area contributed by atoms with Crippen molar-refractivity contribution in [3.8, 4) is 0 Å². The topological polar surface area (TPSA) is 50.3 Å². The molecule has 0 unspecified atom stereocenters. The Morgan fingerprint density at radius 2 is 1.81 bits per heavy atom. The Bertz CT molecular complexity index is 914. The SMILES string of the molecule is CC[C@H]1c2c(C)c(Cl)nc(Cl)c2C[C@H]2C(=O)N(c3ccccc3)C(=O)[C@H]21. The molecular weight excluding hydrogens is 371 g/mol. The van der Waals surface area contributed by atoms with Crippen LogP contribution in [0.4, 0.5) is 5.69 Å². The van der Waals surface area contributed by atoms with Gasteiger partial charge in [-0.3, -0.25) is 14.5 Å². The van der Waals surface area contributed by atoms with Crippen LogP contribution in [-0.2, 0) is 16.0 Å². The van der Waals surface area contributed by atoms with Crippen LogP contribution in [0.1, 0.15) is 36.0 Å². The summed E-state index contributed by atoms with van der Waals surface area (Å²) in [5.74, 6) is -1.16. The molecule has 0 spiro atoms. The summed E-state index contributed by atoms with van der Waals surface area (Å²) in [5.41, 5.74) is 3.33. The fraction of sp³-hybridized carbons (Fsp3) is 0.350. The second kappa shape index (κ2) is 6.36. The summed E-state index contributed by atoms with van der Waals surface area (Å²) >= 11 is 12.6. The number of aromatic nitrogens is 1. The molecule has 6 heteroatoms. The number of para-hydroxylation sites is 1. The Kier molecular flexibility index (Phi) is 4.28. The Hall–Kier alpha value is -1.91. The molecule has 2 aromatic rings. The van der Waals surface area contributed by atoms with Crippen LogP contribution in [-0.4, -0.2) is 16.8 Å². The molecule has 2 amide bonds. The summed E-state index contributed by atoms with van der Waals surface area (Å²) in [4.78, 5) is 31.9. The van der Waals surface area contributed by atoms with Crippen molar-refractivity contribution in [3.05, 3.63) is 57.3 Å². The van der Waals surface area contributed by atoms with Crippen LogP contribution < -0.4 is 4.90 Å². The molecule has 0 N–H and O–H groups in total. The minimum atomic E-state index is -0.403. The number of anilines is 1. The Labute approximate surface area is 162 Å². The zero-order valence-corrected chi connectivity index (χ0v) is 16.0. The molecule has 2 aliphatic rings. The molecule has 1 aromatic carbocycles. The van der Waals surface area contributed by atoms with Gasteiger partial charge in [-0.15, -0.1) is 0 Å². The first-order chi connectivity index (χ1) is 12.5. The Morgan fingerprint density at radius 1 is 1.12 bits per heavy atom. The van der Waals surface area contributed by atoms with Crippen molar-refractivity contribution >= 4 is 40.7 Å². The maximum absolute atomic E-state index is 13.2. The van der Waals surface area contributed by atoms with Crippen molar-refractivity contribution in [3.63, 3.8) is 0 Å². The number of halogens is 2. The van der Waals surface area contributed by atoms with E-state index in [1.807, 2.05) is 32.0 Å². The summed E-state index contributed by atoms with van der Waals surface area (Å²) in [5, 5.41) is 0.702. The lowest BCUT2D eigenvalue weighted by Gasteiger charge is -2.34. The molecule has 2 heterocycles. The van der Waals surface area contributed by atoms with E-state index in [1.54, 1.807) is 12.1 Å². The largest absolute Gasteiger partial charge is 0.274 e. The normalized spacial score (nSPS) is 24.6. The standard InChI is InChI=1S/C20H18Cl2N2O2/c1-3-12-15-10(2)17(21)23-18(22)13(15)9-14-16(12)20(26)24(19(14)25)11-7-5-4-6-8-11/h4-8,12,14,16H,3,9H2,1-2H3/t12-,14+,16-/m0/s1. The highest BCUT2D eigenvalue weighted by Crippen LogP contribution is 2.50. The number of benzene rings is 1. The van der Waals surface area contributed by atoms with Crippen molar-refractivity contribution in [2.45, 2.75) is 32.6 Å². The van der Waals surface area contributed by atoms with Gasteiger partial charge in [-0.05, 0) is 54.5 Å². The lowest BCUT2D eigenvalue weighted by Crippen LogP contribution is -2.33. The number of hydrogen-bond acceptors (Lipinski definition) is 3. The van der Waals surface area contributed by atoms with Gasteiger partial charge in [0.25, 0.3) is 0 Å². The van der Waals surface area contributed by atoms with Crippen LogP contribution in [0.15, 0.2) is 30.3 Å². The lowest BCUT2D eigenvalue weighted by molar-refractivity contribution is -0.122. The van der Waals surface area contributed by atoms with Crippen molar-refractivity contribution in [1.29, 1.82) is 0 Å². The number of imide groups is 1. The summed E-state index contributed by atoms with van der Waals surface area (Å²) in [6.45, 7) is 3.94. The van der Waals surface area contributed by atoms with Gasteiger partial charge < -0.3 is 0 Å². The number of hydrogen-bond donors (Lipinski definition) is 0. The number of carbonyl (C=O) groups excluding carboxylic acids is 2. The fourth-order valence-electron chi connectivity index (χ4n) is 4.49. The summed E-state index contributed by atoms with van der Waals surface area (Å²) in [6, 6.07) is 9.10. The average Bonchev–Trinajstić information content (AvgIpc) is 2.89. The highest BCUT2D eigenvalue weighted by Gasteiger charge is 2.54. The smallest absolute Gasteiger partial charge is 0.238 e. The van der Waals surface area contributed by atoms with E-state index < -0.39 is 5.92 Å². The van der Waals surface area contributed by atoms with E-state index in [0.29, 0.717) is 22.4 Å². The molecule has 1 aliphatic carbocycles. The number of carbonyl (C=O) groups is 2. The maximum atomic E-state index is 13.2. The predicted octanol–water partition coefficient (Wildman–Crippen LogP) is 4.55. The van der Waals surface area contributed by atoms with E-state index in [4.69, 9.17) is 23.2 Å². The maximum Gasteiger partial charge on any atom is 0.238 e. The number of amides is 2. The molecule has 0 saturated carbocycles. The minimum absolute atomic E-state index is 0.0908. The second-order valence-electron chi connectivity index (χ2n) is 6.91. The van der Waals surface area contributed by atoms with Crippen LogP contribution in [0.3, 0.4) is 0 Å². The van der Waals surface area contributed by atoms with Gasteiger partial charge in [-0.2, -0.15) is 0 Å². The first-order valence-electron chi connectivity index (χ1n) is 8.72. The highest BCUT2D eigenvalue weighted by molar-refractivity contribution is 6.33. The van der Waals surface area contributed by atoms with Gasteiger partial charge in [-0.1, -0.05) is 48.3 Å². The minimum Gasteiger partial charge on any atom is -0.274 e. The molecule has 134 valence electrons. The van der Waals surface area contributed by atoms with Crippen molar-refractivity contribution < 1.29 is 9.59 Å². The summed E-state index contributed by atoms with van der Waals surface area (Å²) in [6.07, 6.45) is 1.15. The van der Waals surface area contributed by atoms with Crippen molar-refractivity contribution in [1.82, 2.24) is 4.98 Å². The van der Waals surface area contributed by atoms with E-state index in [9.17, 15) is 9.59 Å². The zero-order valence-electron chi connectivity index (χ0n) is 14.5. The third kappa shape index (κ3) is 2.39. The fourth-order valence-corrected chi connectivity index (χ4v) is 4.98. The molecule has 1 aromatic heterocycles. The zero-order chi connectivity index (χ0) is 18.6.